The number of nitrogens with zero attached hydrogens (tertiary/aromatic N) is 1. The van der Waals surface area contributed by atoms with Gasteiger partial charge in [0, 0.05) is 25.7 Å². The molecule has 0 unspecified atom stereocenters. The molecule has 0 aliphatic carbocycles. The van der Waals surface area contributed by atoms with Crippen molar-refractivity contribution in [3.05, 3.63) is 35.7 Å². The van der Waals surface area contributed by atoms with Crippen molar-refractivity contribution in [3.63, 3.8) is 0 Å². The molecule has 1 rings (SSSR count). The molecule has 1 amide bonds. The third-order valence-electron chi connectivity index (χ3n) is 2.46. The van der Waals surface area contributed by atoms with E-state index in [2.05, 4.69) is 5.32 Å². The van der Waals surface area contributed by atoms with Gasteiger partial charge < -0.3 is 15.3 Å². The van der Waals surface area contributed by atoms with Crippen LogP contribution >= 0.6 is 0 Å². The molecule has 0 fully saturated rings. The van der Waals surface area contributed by atoms with Gasteiger partial charge in [-0.15, -0.1) is 0 Å². The summed E-state index contributed by atoms with van der Waals surface area (Å²) in [6.07, 6.45) is 2.22. The van der Waals surface area contributed by atoms with E-state index in [4.69, 9.17) is 5.11 Å². The number of hydrogen-bond donors (Lipinski definition) is 2. The van der Waals surface area contributed by atoms with E-state index < -0.39 is 11.8 Å². The number of carbonyl (C=O) groups excluding carboxylic acids is 1. The van der Waals surface area contributed by atoms with Crippen LogP contribution in [0.15, 0.2) is 24.3 Å². The Kier molecular flexibility index (Phi) is 5.05. The van der Waals surface area contributed by atoms with E-state index in [1.807, 2.05) is 0 Å². The molecule has 0 spiro atoms. The van der Waals surface area contributed by atoms with Gasteiger partial charge in [-0.2, -0.15) is 0 Å². The third kappa shape index (κ3) is 4.09. The number of hydrogen-bond acceptors (Lipinski definition) is 3. The molecule has 0 saturated heterocycles. The van der Waals surface area contributed by atoms with Gasteiger partial charge in [-0.25, -0.2) is 9.18 Å². The van der Waals surface area contributed by atoms with Gasteiger partial charge in [-0.05, 0) is 12.1 Å². The van der Waals surface area contributed by atoms with Crippen LogP contribution < -0.4 is 10.2 Å². The molecule has 19 heavy (non-hydrogen) atoms. The summed E-state index contributed by atoms with van der Waals surface area (Å²) in [5, 5.41) is 11.0. The number of aliphatic carboxylic acids is 1. The molecule has 0 bridgehead atoms. The standard InChI is InChI=1S/C13H15FN2O3/c1-15-11(17)8-16(2)13-9(6-7-12(18)19)4-3-5-10(13)14/h3-7H,8H2,1-2H3,(H,15,17)(H,18,19)/b7-6+. The lowest BCUT2D eigenvalue weighted by atomic mass is 10.1. The summed E-state index contributed by atoms with van der Waals surface area (Å²) < 4.78 is 13.8. The zero-order valence-electron chi connectivity index (χ0n) is 10.7. The van der Waals surface area contributed by atoms with Crippen molar-refractivity contribution in [2.45, 2.75) is 0 Å². The quantitative estimate of drug-likeness (QED) is 0.783. The topological polar surface area (TPSA) is 69.6 Å². The minimum absolute atomic E-state index is 0.0225. The van der Waals surface area contributed by atoms with Gasteiger partial charge >= 0.3 is 5.97 Å². The molecule has 1 aromatic rings. The van der Waals surface area contributed by atoms with Crippen molar-refractivity contribution < 1.29 is 19.1 Å². The van der Waals surface area contributed by atoms with Gasteiger partial charge in [0.2, 0.25) is 5.91 Å². The highest BCUT2D eigenvalue weighted by Crippen LogP contribution is 2.24. The summed E-state index contributed by atoms with van der Waals surface area (Å²) in [4.78, 5) is 23.2. The smallest absolute Gasteiger partial charge is 0.328 e. The first-order valence-corrected chi connectivity index (χ1v) is 5.57. The Morgan fingerprint density at radius 1 is 1.47 bits per heavy atom. The Labute approximate surface area is 110 Å². The minimum atomic E-state index is -1.12. The zero-order valence-corrected chi connectivity index (χ0v) is 10.7. The largest absolute Gasteiger partial charge is 0.478 e. The van der Waals surface area contributed by atoms with Crippen LogP contribution in [0.2, 0.25) is 0 Å². The van der Waals surface area contributed by atoms with Gasteiger partial charge in [0.05, 0.1) is 12.2 Å². The molecule has 0 heterocycles. The molecule has 1 aromatic carbocycles. The molecular formula is C13H15FN2O3. The number of carboxylic acid groups (broad SMARTS) is 1. The second kappa shape index (κ2) is 6.53. The number of anilines is 1. The molecule has 102 valence electrons. The van der Waals surface area contributed by atoms with Crippen molar-refractivity contribution >= 4 is 23.6 Å². The first kappa shape index (κ1) is 14.7. The molecule has 2 N–H and O–H groups in total. The summed E-state index contributed by atoms with van der Waals surface area (Å²) in [5.74, 6) is -1.90. The van der Waals surface area contributed by atoms with E-state index in [1.165, 1.54) is 30.2 Å². The Balaban J connectivity index is 3.10. The maximum absolute atomic E-state index is 13.8. The Bertz CT molecular complexity index is 515. The van der Waals surface area contributed by atoms with Crippen LogP contribution in [0.1, 0.15) is 5.56 Å². The lowest BCUT2D eigenvalue weighted by Gasteiger charge is -2.21. The normalized spacial score (nSPS) is 10.5. The molecule has 0 radical (unpaired) electrons. The van der Waals surface area contributed by atoms with Crippen molar-refractivity contribution in [2.24, 2.45) is 0 Å². The molecular weight excluding hydrogens is 251 g/mol. The first-order chi connectivity index (χ1) is 8.95. The summed E-state index contributed by atoms with van der Waals surface area (Å²) in [6, 6.07) is 4.32. The second-order valence-corrected chi connectivity index (χ2v) is 3.88. The van der Waals surface area contributed by atoms with Crippen LogP contribution in [0, 0.1) is 5.82 Å². The van der Waals surface area contributed by atoms with Crippen LogP contribution in [0.25, 0.3) is 6.08 Å². The monoisotopic (exact) mass is 266 g/mol. The van der Waals surface area contributed by atoms with Crippen LogP contribution in [0.4, 0.5) is 10.1 Å². The van der Waals surface area contributed by atoms with Crippen LogP contribution in [-0.4, -0.2) is 37.6 Å². The van der Waals surface area contributed by atoms with Gasteiger partial charge in [0.25, 0.3) is 0 Å². The maximum atomic E-state index is 13.8. The molecule has 5 nitrogen and oxygen atoms in total. The average Bonchev–Trinajstić information content (AvgIpc) is 2.35. The zero-order chi connectivity index (χ0) is 14.4. The van der Waals surface area contributed by atoms with Crippen LogP contribution in [0.5, 0.6) is 0 Å². The number of amides is 1. The summed E-state index contributed by atoms with van der Waals surface area (Å²) in [5.41, 5.74) is 0.581. The summed E-state index contributed by atoms with van der Waals surface area (Å²) in [7, 11) is 3.05. The van der Waals surface area contributed by atoms with Crippen molar-refractivity contribution in [3.8, 4) is 0 Å². The van der Waals surface area contributed by atoms with E-state index in [1.54, 1.807) is 13.1 Å². The Hall–Kier alpha value is -2.37. The van der Waals surface area contributed by atoms with Gasteiger partial charge in [-0.1, -0.05) is 12.1 Å². The molecule has 0 atom stereocenters. The van der Waals surface area contributed by atoms with E-state index in [-0.39, 0.29) is 18.1 Å². The molecule has 0 aromatic heterocycles. The SMILES string of the molecule is CNC(=O)CN(C)c1c(F)cccc1/C=C/C(=O)O. The number of benzene rings is 1. The van der Waals surface area contributed by atoms with E-state index in [0.29, 0.717) is 5.56 Å². The number of nitrogens with one attached hydrogen (secondary N) is 1. The summed E-state index contributed by atoms with van der Waals surface area (Å²) in [6.45, 7) is -0.0225. The lowest BCUT2D eigenvalue weighted by Crippen LogP contribution is -2.33. The predicted molar refractivity (Wildman–Crippen MR) is 70.4 cm³/mol. The van der Waals surface area contributed by atoms with Gasteiger partial charge in [-0.3, -0.25) is 4.79 Å². The first-order valence-electron chi connectivity index (χ1n) is 5.57. The van der Waals surface area contributed by atoms with Crippen molar-refractivity contribution in [1.29, 1.82) is 0 Å². The highest BCUT2D eigenvalue weighted by atomic mass is 19.1. The lowest BCUT2D eigenvalue weighted by molar-refractivity contribution is -0.131. The fourth-order valence-electron chi connectivity index (χ4n) is 1.60. The van der Waals surface area contributed by atoms with Crippen LogP contribution in [0.3, 0.4) is 0 Å². The highest BCUT2D eigenvalue weighted by molar-refractivity contribution is 5.88. The van der Waals surface area contributed by atoms with Crippen LogP contribution in [-0.2, 0) is 9.59 Å². The third-order valence-corrected chi connectivity index (χ3v) is 2.46. The highest BCUT2D eigenvalue weighted by Gasteiger charge is 2.13. The molecule has 0 aliphatic rings. The number of halogens is 1. The van der Waals surface area contributed by atoms with Gasteiger partial charge in [0.1, 0.15) is 5.82 Å². The molecule has 0 saturated carbocycles. The number of carbonyl (C=O) groups is 2. The molecule has 0 aliphatic heterocycles. The average molecular weight is 266 g/mol. The Morgan fingerprint density at radius 2 is 2.16 bits per heavy atom. The number of para-hydroxylation sites is 1. The van der Waals surface area contributed by atoms with E-state index in [9.17, 15) is 14.0 Å². The fourth-order valence-corrected chi connectivity index (χ4v) is 1.60. The van der Waals surface area contributed by atoms with E-state index in [0.717, 1.165) is 6.08 Å². The fraction of sp³-hybridized carbons (Fsp3) is 0.231. The summed E-state index contributed by atoms with van der Waals surface area (Å²) >= 11 is 0. The van der Waals surface area contributed by atoms with E-state index >= 15 is 0 Å². The predicted octanol–water partition coefficient (Wildman–Crippen LogP) is 1.11. The van der Waals surface area contributed by atoms with Crippen molar-refractivity contribution in [2.75, 3.05) is 25.5 Å². The minimum Gasteiger partial charge on any atom is -0.478 e. The number of carboxylic acids is 1. The second-order valence-electron chi connectivity index (χ2n) is 3.88. The maximum Gasteiger partial charge on any atom is 0.328 e. The molecule has 6 heteroatoms. The number of rotatable bonds is 5. The van der Waals surface area contributed by atoms with Crippen molar-refractivity contribution in [1.82, 2.24) is 5.32 Å². The number of likely N-dealkylation sites (N-methyl/N-ethyl adjacent to an activating group) is 2. The Morgan fingerprint density at radius 3 is 2.74 bits per heavy atom. The van der Waals surface area contributed by atoms with Gasteiger partial charge in [0.15, 0.2) is 0 Å².